The molecule has 4 aromatic rings. The lowest BCUT2D eigenvalue weighted by Gasteiger charge is -2.41. The van der Waals surface area contributed by atoms with E-state index in [2.05, 4.69) is 136 Å². The van der Waals surface area contributed by atoms with Crippen LogP contribution in [0.15, 0.2) is 66.7 Å². The third-order valence-corrected chi connectivity index (χ3v) is 12.1. The quantitative estimate of drug-likeness (QED) is 0.225. The average molecular weight is 581 g/mol. The molecule has 0 saturated heterocycles. The molecule has 2 aliphatic rings. The molecule has 3 atom stereocenters. The van der Waals surface area contributed by atoms with Crippen molar-refractivity contribution in [2.24, 2.45) is 0 Å². The van der Waals surface area contributed by atoms with Crippen molar-refractivity contribution in [1.29, 1.82) is 0 Å². The summed E-state index contributed by atoms with van der Waals surface area (Å²) in [7, 11) is 0. The lowest BCUT2D eigenvalue weighted by molar-refractivity contribution is 0.418. The summed E-state index contributed by atoms with van der Waals surface area (Å²) in [6, 6.07) is 24.4. The molecule has 0 fully saturated rings. The van der Waals surface area contributed by atoms with E-state index < -0.39 is 0 Å². The van der Waals surface area contributed by atoms with Crippen LogP contribution in [-0.4, -0.2) is 0 Å². The van der Waals surface area contributed by atoms with Crippen molar-refractivity contribution in [3.05, 3.63) is 145 Å². The lowest BCUT2D eigenvalue weighted by Crippen LogP contribution is -2.31. The Morgan fingerprint density at radius 3 is 1.66 bits per heavy atom. The Kier molecular flexibility index (Phi) is 7.80. The Bertz CT molecular complexity index is 1800. The molecule has 4 aromatic carbocycles. The molecule has 228 valence electrons. The van der Waals surface area contributed by atoms with E-state index in [1.807, 2.05) is 0 Å². The van der Waals surface area contributed by atoms with Gasteiger partial charge in [0.1, 0.15) is 0 Å². The first-order valence-corrected chi connectivity index (χ1v) is 16.9. The summed E-state index contributed by atoms with van der Waals surface area (Å²) < 4.78 is 0. The lowest BCUT2D eigenvalue weighted by atomic mass is 9.62. The monoisotopic (exact) mass is 580 g/mol. The Labute approximate surface area is 267 Å². The van der Waals surface area contributed by atoms with E-state index in [0.29, 0.717) is 5.92 Å². The standard InChI is InChI=1S/C44H52/c1-27-11-15-37(21-29(27)3)43(9)19-17-35(39-23-31(5)33(7)25-41(39)43)13-14-36-18-20-44(10,38-16-12-28(2)30(4)22-38)42-26-34(8)32(6)24-40(36)42/h11-13,15-16,21-26,36H,14,17-20H2,1-10H3/b35-13+. The topological polar surface area (TPSA) is 0 Å². The van der Waals surface area contributed by atoms with Crippen LogP contribution in [0.5, 0.6) is 0 Å². The van der Waals surface area contributed by atoms with Crippen molar-refractivity contribution in [2.45, 2.75) is 118 Å². The van der Waals surface area contributed by atoms with Crippen LogP contribution >= 0.6 is 0 Å². The maximum atomic E-state index is 2.63. The van der Waals surface area contributed by atoms with E-state index in [4.69, 9.17) is 0 Å². The van der Waals surface area contributed by atoms with Gasteiger partial charge in [-0.1, -0.05) is 80.6 Å². The van der Waals surface area contributed by atoms with Crippen molar-refractivity contribution >= 4 is 5.57 Å². The molecule has 44 heavy (non-hydrogen) atoms. The second-order valence-electron chi connectivity index (χ2n) is 15.0. The summed E-state index contributed by atoms with van der Waals surface area (Å²) in [6.45, 7) is 23.1. The Morgan fingerprint density at radius 1 is 0.568 bits per heavy atom. The number of allylic oxidation sites excluding steroid dienone is 2. The van der Waals surface area contributed by atoms with Crippen LogP contribution in [0.25, 0.3) is 5.57 Å². The van der Waals surface area contributed by atoms with Gasteiger partial charge in [0.05, 0.1) is 0 Å². The van der Waals surface area contributed by atoms with Gasteiger partial charge < -0.3 is 0 Å². The van der Waals surface area contributed by atoms with Gasteiger partial charge in [-0.05, 0) is 177 Å². The van der Waals surface area contributed by atoms with E-state index in [1.54, 1.807) is 16.7 Å². The second kappa shape index (κ2) is 11.2. The van der Waals surface area contributed by atoms with Gasteiger partial charge in [0.15, 0.2) is 0 Å². The molecular weight excluding hydrogens is 528 g/mol. The second-order valence-corrected chi connectivity index (χ2v) is 15.0. The normalized spacial score (nSPS) is 23.9. The van der Waals surface area contributed by atoms with Crippen LogP contribution in [0.4, 0.5) is 0 Å². The van der Waals surface area contributed by atoms with Crippen LogP contribution in [0.1, 0.15) is 130 Å². The number of rotatable bonds is 4. The number of aryl methyl sites for hydroxylation is 8. The third-order valence-electron chi connectivity index (χ3n) is 12.1. The molecule has 0 saturated carbocycles. The number of hydrogen-bond donors (Lipinski definition) is 0. The number of fused-ring (bicyclic) bond motifs is 2. The van der Waals surface area contributed by atoms with Crippen LogP contribution in [0.3, 0.4) is 0 Å². The Hall–Kier alpha value is -3.38. The smallest absolute Gasteiger partial charge is 0.0184 e. The molecule has 0 heteroatoms. The molecule has 6 rings (SSSR count). The van der Waals surface area contributed by atoms with Gasteiger partial charge >= 0.3 is 0 Å². The van der Waals surface area contributed by atoms with Gasteiger partial charge in [-0.25, -0.2) is 0 Å². The summed E-state index contributed by atoms with van der Waals surface area (Å²) in [5, 5.41) is 0. The van der Waals surface area contributed by atoms with E-state index in [-0.39, 0.29) is 10.8 Å². The molecule has 2 aliphatic carbocycles. The van der Waals surface area contributed by atoms with Crippen molar-refractivity contribution in [2.75, 3.05) is 0 Å². The zero-order valence-electron chi connectivity index (χ0n) is 29.0. The summed E-state index contributed by atoms with van der Waals surface area (Å²) >= 11 is 0. The van der Waals surface area contributed by atoms with Gasteiger partial charge in [0.25, 0.3) is 0 Å². The number of benzene rings is 4. The van der Waals surface area contributed by atoms with E-state index in [9.17, 15) is 0 Å². The molecule has 0 bridgehead atoms. The van der Waals surface area contributed by atoms with Crippen LogP contribution < -0.4 is 0 Å². The highest BCUT2D eigenvalue weighted by Crippen LogP contribution is 2.51. The summed E-state index contributed by atoms with van der Waals surface area (Å²) in [6.07, 6.45) is 8.45. The van der Waals surface area contributed by atoms with Crippen LogP contribution in [0.2, 0.25) is 0 Å². The predicted octanol–water partition coefficient (Wildman–Crippen LogP) is 11.9. The van der Waals surface area contributed by atoms with Gasteiger partial charge in [0.2, 0.25) is 0 Å². The molecule has 0 spiro atoms. The first-order valence-electron chi connectivity index (χ1n) is 16.9. The minimum atomic E-state index is 0.0314. The summed E-state index contributed by atoms with van der Waals surface area (Å²) in [4.78, 5) is 0. The van der Waals surface area contributed by atoms with E-state index >= 15 is 0 Å². The van der Waals surface area contributed by atoms with Gasteiger partial charge in [-0.2, -0.15) is 0 Å². The van der Waals surface area contributed by atoms with Crippen LogP contribution in [0, 0.1) is 55.4 Å². The fourth-order valence-corrected chi connectivity index (χ4v) is 8.11. The van der Waals surface area contributed by atoms with Crippen molar-refractivity contribution < 1.29 is 0 Å². The molecular formula is C44H52. The highest BCUT2D eigenvalue weighted by Gasteiger charge is 2.39. The Balaban J connectivity index is 1.39. The molecule has 0 heterocycles. The van der Waals surface area contributed by atoms with Gasteiger partial charge in [-0.3, -0.25) is 0 Å². The maximum Gasteiger partial charge on any atom is 0.0184 e. The van der Waals surface area contributed by atoms with Crippen LogP contribution in [-0.2, 0) is 10.8 Å². The van der Waals surface area contributed by atoms with Gasteiger partial charge in [0, 0.05) is 10.8 Å². The summed E-state index contributed by atoms with van der Waals surface area (Å²) in [5.41, 5.74) is 21.9. The molecule has 0 aromatic heterocycles. The zero-order chi connectivity index (χ0) is 31.6. The predicted molar refractivity (Wildman–Crippen MR) is 190 cm³/mol. The fraction of sp³-hybridized carbons (Fsp3) is 0.409. The highest BCUT2D eigenvalue weighted by atomic mass is 14.4. The van der Waals surface area contributed by atoms with Crippen molar-refractivity contribution in [3.8, 4) is 0 Å². The highest BCUT2D eigenvalue weighted by molar-refractivity contribution is 5.74. The number of hydrogen-bond acceptors (Lipinski definition) is 0. The van der Waals surface area contributed by atoms with Gasteiger partial charge in [-0.15, -0.1) is 0 Å². The maximum absolute atomic E-state index is 2.63. The third kappa shape index (κ3) is 5.09. The van der Waals surface area contributed by atoms with E-state index in [1.165, 1.54) is 79.6 Å². The van der Waals surface area contributed by atoms with Crippen molar-refractivity contribution in [3.63, 3.8) is 0 Å². The van der Waals surface area contributed by atoms with E-state index in [0.717, 1.165) is 19.3 Å². The Morgan fingerprint density at radius 2 is 1.07 bits per heavy atom. The molecule has 0 aliphatic heterocycles. The van der Waals surface area contributed by atoms with Crippen molar-refractivity contribution in [1.82, 2.24) is 0 Å². The zero-order valence-corrected chi connectivity index (χ0v) is 29.0. The minimum Gasteiger partial charge on any atom is -0.0801 e. The largest absolute Gasteiger partial charge is 0.0801 e. The first kappa shape index (κ1) is 30.6. The molecule has 0 N–H and O–H groups in total. The molecule has 0 radical (unpaired) electrons. The SMILES string of the molecule is Cc1ccc(C2(C)CC/C(=C\CC3CCC(C)(c4ccc(C)c(C)c4)c4cc(C)c(C)cc43)c3cc(C)c(C)cc32)cc1C. The fourth-order valence-electron chi connectivity index (χ4n) is 8.11. The first-order chi connectivity index (χ1) is 20.8. The minimum absolute atomic E-state index is 0.0314. The molecule has 3 unspecified atom stereocenters. The molecule has 0 nitrogen and oxygen atoms in total. The average Bonchev–Trinajstić information content (AvgIpc) is 2.98. The molecule has 0 amide bonds. The summed E-state index contributed by atoms with van der Waals surface area (Å²) in [5.74, 6) is 0.555.